The molecule has 8 rings (SSSR count). The molecular weight excluding hydrogens is 780 g/mol. The zero-order valence-electron chi connectivity index (χ0n) is 34.5. The SMILES string of the molecule is COC(=O)c1ccc2c(c1)OCCNC2.COC(=O)c1ccc2c(c1)O[C@H](C)CN(C(=O)C1(OC)CC1)C2.COC1(C(=O)N2CCOc3cc(C(=O)NO)ccc3C2)CC1. The standard InChI is InChI=1S/C17H21NO5.C15H18N2O5.C11H13NO3/c1-11-9-18(16(20)17(22-3)6-7-17)10-13-5-4-12(15(19)21-2)8-14(13)23-11;1-21-15(4-5-15)14(19)17-6-7-22-12-8-10(13(18)16-20)2-3-11(12)9-17;1-14-11(13)8-2-3-9-7-12-4-5-15-10(9)6-8/h4-5,8,11H,6-7,9-10H2,1-3H3;2-3,8,20H,4-7,9H2,1H3,(H,16,18);2-3,6,12H,4-5,7H2,1H3/t11-;;/m1../s1. The van der Waals surface area contributed by atoms with Crippen LogP contribution in [0.2, 0.25) is 0 Å². The summed E-state index contributed by atoms with van der Waals surface area (Å²) in [7, 11) is 5.86. The Kier molecular flexibility index (Phi) is 13.9. The van der Waals surface area contributed by atoms with E-state index < -0.39 is 23.1 Å². The van der Waals surface area contributed by atoms with E-state index in [1.807, 2.05) is 19.1 Å². The van der Waals surface area contributed by atoms with Gasteiger partial charge in [-0.2, -0.15) is 0 Å². The summed E-state index contributed by atoms with van der Waals surface area (Å²) < 4.78 is 37.2. The highest BCUT2D eigenvalue weighted by molar-refractivity contribution is 5.94. The van der Waals surface area contributed by atoms with E-state index in [1.165, 1.54) is 14.2 Å². The Morgan fingerprint density at radius 3 is 1.78 bits per heavy atom. The third-order valence-electron chi connectivity index (χ3n) is 10.9. The van der Waals surface area contributed by atoms with E-state index >= 15 is 0 Å². The van der Waals surface area contributed by atoms with Gasteiger partial charge in [0.05, 0.1) is 38.4 Å². The minimum Gasteiger partial charge on any atom is -0.492 e. The van der Waals surface area contributed by atoms with Crippen molar-refractivity contribution < 1.29 is 62.3 Å². The van der Waals surface area contributed by atoms with Crippen molar-refractivity contribution in [2.24, 2.45) is 0 Å². The second-order valence-corrected chi connectivity index (χ2v) is 15.0. The third-order valence-corrected chi connectivity index (χ3v) is 10.9. The van der Waals surface area contributed by atoms with Gasteiger partial charge in [-0.05, 0) is 69.0 Å². The number of hydrogen-bond acceptors (Lipinski definition) is 14. The van der Waals surface area contributed by atoms with Gasteiger partial charge in [0, 0.05) is 62.7 Å². The maximum absolute atomic E-state index is 12.7. The molecule has 0 spiro atoms. The van der Waals surface area contributed by atoms with E-state index in [9.17, 15) is 24.0 Å². The van der Waals surface area contributed by atoms with E-state index in [1.54, 1.807) is 72.0 Å². The number of rotatable bonds is 7. The molecule has 1 atom stereocenters. The van der Waals surface area contributed by atoms with Crippen LogP contribution in [-0.2, 0) is 48.2 Å². The molecule has 3 aromatic carbocycles. The number of benzene rings is 3. The molecule has 0 radical (unpaired) electrons. The topological polar surface area (TPSA) is 201 Å². The number of esters is 2. The molecule has 2 fully saturated rings. The van der Waals surface area contributed by atoms with Crippen LogP contribution < -0.4 is 25.0 Å². The number of methoxy groups -OCH3 is 4. The summed E-state index contributed by atoms with van der Waals surface area (Å²) in [4.78, 5) is 63.2. The van der Waals surface area contributed by atoms with Crippen LogP contribution in [0.3, 0.4) is 0 Å². The summed E-state index contributed by atoms with van der Waals surface area (Å²) in [5, 5.41) is 11.9. The first-order valence-corrected chi connectivity index (χ1v) is 19.7. The van der Waals surface area contributed by atoms with Crippen LogP contribution in [0.25, 0.3) is 0 Å². The molecule has 0 bridgehead atoms. The fraction of sp³-hybridized carbons (Fsp3) is 0.465. The number of carbonyl (C=O) groups excluding carboxylic acids is 5. The lowest BCUT2D eigenvalue weighted by molar-refractivity contribution is -0.146. The molecule has 0 aromatic heterocycles. The van der Waals surface area contributed by atoms with Crippen LogP contribution >= 0.6 is 0 Å². The predicted molar refractivity (Wildman–Crippen MR) is 213 cm³/mol. The van der Waals surface area contributed by atoms with Crippen LogP contribution in [0.4, 0.5) is 0 Å². The van der Waals surface area contributed by atoms with Crippen LogP contribution in [0.1, 0.15) is 80.4 Å². The molecule has 3 heterocycles. The average Bonchev–Trinajstić information content (AvgIpc) is 4.19. The van der Waals surface area contributed by atoms with E-state index in [-0.39, 0.29) is 23.9 Å². The number of hydrogen-bond donors (Lipinski definition) is 3. The van der Waals surface area contributed by atoms with Crippen molar-refractivity contribution in [3.05, 3.63) is 88.0 Å². The first-order chi connectivity index (χ1) is 28.9. The minimum atomic E-state index is -0.652. The first-order valence-electron chi connectivity index (χ1n) is 19.7. The lowest BCUT2D eigenvalue weighted by atomic mass is 10.1. The number of nitrogens with zero attached hydrogens (tertiary/aromatic N) is 2. The van der Waals surface area contributed by atoms with Crippen molar-refractivity contribution in [3.8, 4) is 17.2 Å². The Hall–Kier alpha value is -5.75. The molecule has 3 amide bonds. The van der Waals surface area contributed by atoms with Crippen LogP contribution in [-0.4, -0.2) is 123 Å². The molecule has 17 heteroatoms. The molecular formula is C43H52N4O13. The predicted octanol–water partition coefficient (Wildman–Crippen LogP) is 3.42. The first kappa shape index (κ1) is 43.8. The van der Waals surface area contributed by atoms with Gasteiger partial charge in [-0.25, -0.2) is 15.1 Å². The summed E-state index contributed by atoms with van der Waals surface area (Å²) in [5.41, 5.74) is 4.34. The van der Waals surface area contributed by atoms with Gasteiger partial charge in [-0.3, -0.25) is 19.6 Å². The zero-order chi connectivity index (χ0) is 43.0. The second kappa shape index (κ2) is 19.1. The Bertz CT molecular complexity index is 2080. The quantitative estimate of drug-likeness (QED) is 0.178. The van der Waals surface area contributed by atoms with Crippen molar-refractivity contribution >= 4 is 29.7 Å². The molecule has 3 aromatic rings. The van der Waals surface area contributed by atoms with Crippen LogP contribution in [0, 0.1) is 0 Å². The van der Waals surface area contributed by atoms with Crippen molar-refractivity contribution in [3.63, 3.8) is 0 Å². The monoisotopic (exact) mass is 832 g/mol. The number of hydroxylamine groups is 1. The van der Waals surface area contributed by atoms with Gasteiger partial charge in [-0.15, -0.1) is 0 Å². The average molecular weight is 833 g/mol. The molecule has 0 unspecified atom stereocenters. The molecule has 3 N–H and O–H groups in total. The van der Waals surface area contributed by atoms with E-state index in [2.05, 4.69) is 10.1 Å². The number of fused-ring (bicyclic) bond motifs is 3. The zero-order valence-corrected chi connectivity index (χ0v) is 34.5. The number of ether oxygens (including phenoxy) is 7. The minimum absolute atomic E-state index is 0.0105. The summed E-state index contributed by atoms with van der Waals surface area (Å²) in [5.74, 6) is 0.611. The molecule has 60 heavy (non-hydrogen) atoms. The summed E-state index contributed by atoms with van der Waals surface area (Å²) in [6.07, 6.45) is 2.87. The molecule has 17 nitrogen and oxygen atoms in total. The van der Waals surface area contributed by atoms with Gasteiger partial charge < -0.3 is 48.3 Å². The molecule has 3 aliphatic heterocycles. The largest absolute Gasteiger partial charge is 0.492 e. The van der Waals surface area contributed by atoms with Gasteiger partial charge in [0.1, 0.15) is 47.8 Å². The molecule has 322 valence electrons. The summed E-state index contributed by atoms with van der Waals surface area (Å²) in [6.45, 7) is 6.31. The van der Waals surface area contributed by atoms with Gasteiger partial charge in [0.25, 0.3) is 17.7 Å². The van der Waals surface area contributed by atoms with Gasteiger partial charge >= 0.3 is 11.9 Å². The Labute approximate surface area is 348 Å². The number of carbonyl (C=O) groups is 5. The highest BCUT2D eigenvalue weighted by Gasteiger charge is 2.53. The lowest BCUT2D eigenvalue weighted by Gasteiger charge is -2.26. The fourth-order valence-corrected chi connectivity index (χ4v) is 7.13. The maximum Gasteiger partial charge on any atom is 0.337 e. The highest BCUT2D eigenvalue weighted by atomic mass is 16.5. The van der Waals surface area contributed by atoms with Gasteiger partial charge in [0.15, 0.2) is 0 Å². The van der Waals surface area contributed by atoms with Crippen molar-refractivity contribution in [1.82, 2.24) is 20.6 Å². The van der Waals surface area contributed by atoms with E-state index in [0.717, 1.165) is 61.2 Å². The maximum atomic E-state index is 12.7. The summed E-state index contributed by atoms with van der Waals surface area (Å²) >= 11 is 0. The number of nitrogens with one attached hydrogen (secondary N) is 2. The van der Waals surface area contributed by atoms with E-state index in [0.29, 0.717) is 67.6 Å². The van der Waals surface area contributed by atoms with E-state index in [4.69, 9.17) is 33.6 Å². The van der Waals surface area contributed by atoms with Crippen molar-refractivity contribution in [2.75, 3.05) is 61.3 Å². The van der Waals surface area contributed by atoms with Gasteiger partial charge in [0.2, 0.25) is 0 Å². The molecule has 2 saturated carbocycles. The molecule has 0 saturated heterocycles. The Morgan fingerprint density at radius 2 is 1.20 bits per heavy atom. The van der Waals surface area contributed by atoms with Crippen molar-refractivity contribution in [2.45, 2.75) is 69.5 Å². The van der Waals surface area contributed by atoms with Gasteiger partial charge in [-0.1, -0.05) is 18.2 Å². The number of amides is 3. The molecule has 2 aliphatic carbocycles. The van der Waals surface area contributed by atoms with Crippen LogP contribution in [0.15, 0.2) is 54.6 Å². The second-order valence-electron chi connectivity index (χ2n) is 15.0. The smallest absolute Gasteiger partial charge is 0.337 e. The molecule has 5 aliphatic rings. The fourth-order valence-electron chi connectivity index (χ4n) is 7.13. The highest BCUT2D eigenvalue weighted by Crippen LogP contribution is 2.42. The Balaban J connectivity index is 0.000000154. The Morgan fingerprint density at radius 1 is 0.700 bits per heavy atom. The lowest BCUT2D eigenvalue weighted by Crippen LogP contribution is -2.44. The third kappa shape index (κ3) is 9.98. The van der Waals surface area contributed by atoms with Crippen molar-refractivity contribution in [1.29, 1.82) is 0 Å². The summed E-state index contributed by atoms with van der Waals surface area (Å²) in [6, 6.07) is 15.4. The normalized spacial score (nSPS) is 18.9. The van der Waals surface area contributed by atoms with Crippen LogP contribution in [0.5, 0.6) is 17.2 Å².